The van der Waals surface area contributed by atoms with Crippen LogP contribution >= 0.6 is 0 Å². The summed E-state index contributed by atoms with van der Waals surface area (Å²) in [6.07, 6.45) is 1.79. The number of rotatable bonds is 6. The molecule has 0 radical (unpaired) electrons. The molecule has 5 heteroatoms. The first-order chi connectivity index (χ1) is 19.7. The van der Waals surface area contributed by atoms with Gasteiger partial charge in [-0.2, -0.15) is 0 Å². The van der Waals surface area contributed by atoms with Crippen LogP contribution in [0.15, 0.2) is 156 Å². The van der Waals surface area contributed by atoms with Crippen molar-refractivity contribution in [2.24, 2.45) is 4.99 Å². The summed E-state index contributed by atoms with van der Waals surface area (Å²) in [6, 6.07) is 45.5. The van der Waals surface area contributed by atoms with E-state index in [4.69, 9.17) is 4.99 Å². The van der Waals surface area contributed by atoms with Crippen molar-refractivity contribution >= 4 is 40.8 Å². The lowest BCUT2D eigenvalue weighted by Gasteiger charge is -2.24. The number of carbonyl (C=O) groups excluding carboxylic acids is 2. The molecule has 1 heterocycles. The van der Waals surface area contributed by atoms with Crippen LogP contribution in [0.5, 0.6) is 0 Å². The van der Waals surface area contributed by atoms with Crippen molar-refractivity contribution in [1.82, 2.24) is 0 Å². The van der Waals surface area contributed by atoms with Gasteiger partial charge >= 0.3 is 0 Å². The molecule has 0 fully saturated rings. The van der Waals surface area contributed by atoms with E-state index in [1.807, 2.05) is 121 Å². The highest BCUT2D eigenvalue weighted by atomic mass is 16.2. The van der Waals surface area contributed by atoms with E-state index in [-0.39, 0.29) is 11.8 Å². The molecule has 0 bridgehead atoms. The first kappa shape index (κ1) is 24.8. The fourth-order valence-electron chi connectivity index (χ4n) is 4.66. The Hall–Kier alpha value is -5.55. The summed E-state index contributed by atoms with van der Waals surface area (Å²) in [6.45, 7) is 0. The van der Waals surface area contributed by atoms with Crippen LogP contribution in [0.4, 0.5) is 17.1 Å². The summed E-state index contributed by atoms with van der Waals surface area (Å²) in [7, 11) is 0. The van der Waals surface area contributed by atoms with E-state index in [0.29, 0.717) is 22.8 Å². The predicted molar refractivity (Wildman–Crippen MR) is 161 cm³/mol. The summed E-state index contributed by atoms with van der Waals surface area (Å²) in [5.41, 5.74) is 4.74. The molecule has 0 atom stereocenters. The van der Waals surface area contributed by atoms with Gasteiger partial charge in [0, 0.05) is 22.5 Å². The number of hydrogen-bond donors (Lipinski definition) is 0. The lowest BCUT2D eigenvalue weighted by atomic mass is 10.1. The van der Waals surface area contributed by atoms with E-state index in [0.717, 1.165) is 22.5 Å². The molecule has 192 valence electrons. The average molecular weight is 520 g/mol. The fourth-order valence-corrected chi connectivity index (χ4v) is 4.66. The number of amides is 2. The quantitative estimate of drug-likeness (QED) is 0.218. The zero-order valence-electron chi connectivity index (χ0n) is 21.6. The largest absolute Gasteiger partial charge is 0.282 e. The lowest BCUT2D eigenvalue weighted by Crippen LogP contribution is -2.32. The normalized spacial score (nSPS) is 13.8. The van der Waals surface area contributed by atoms with Gasteiger partial charge in [-0.3, -0.25) is 19.4 Å². The summed E-state index contributed by atoms with van der Waals surface area (Å²) >= 11 is 0. The molecule has 40 heavy (non-hydrogen) atoms. The van der Waals surface area contributed by atoms with Crippen LogP contribution in [-0.2, 0) is 4.79 Å². The maximum atomic E-state index is 13.8. The highest BCUT2D eigenvalue weighted by Gasteiger charge is 2.32. The Kier molecular flexibility index (Phi) is 6.84. The highest BCUT2D eigenvalue weighted by Crippen LogP contribution is 2.30. The van der Waals surface area contributed by atoms with E-state index in [1.165, 1.54) is 0 Å². The van der Waals surface area contributed by atoms with Crippen LogP contribution in [0.25, 0.3) is 6.08 Å². The molecule has 0 spiro atoms. The van der Waals surface area contributed by atoms with Gasteiger partial charge in [-0.05, 0) is 60.2 Å². The number of para-hydroxylation sites is 2. The minimum absolute atomic E-state index is 0.168. The van der Waals surface area contributed by atoms with Gasteiger partial charge in [0.05, 0.1) is 5.69 Å². The third-order valence-corrected chi connectivity index (χ3v) is 6.60. The number of aliphatic imine (C=N–C) groups is 1. The maximum absolute atomic E-state index is 13.8. The molecule has 0 aromatic heterocycles. The summed E-state index contributed by atoms with van der Waals surface area (Å²) in [4.78, 5) is 35.5. The van der Waals surface area contributed by atoms with Gasteiger partial charge in [0.1, 0.15) is 11.5 Å². The van der Waals surface area contributed by atoms with E-state index in [9.17, 15) is 9.59 Å². The molecule has 1 aliphatic rings. The van der Waals surface area contributed by atoms with Gasteiger partial charge in [-0.1, -0.05) is 97.1 Å². The molecule has 5 aromatic rings. The van der Waals surface area contributed by atoms with Gasteiger partial charge in [0.25, 0.3) is 11.8 Å². The smallest absolute Gasteiger partial charge is 0.277 e. The van der Waals surface area contributed by atoms with Crippen LogP contribution < -0.4 is 9.80 Å². The zero-order chi connectivity index (χ0) is 27.3. The highest BCUT2D eigenvalue weighted by molar-refractivity contribution is 6.33. The summed E-state index contributed by atoms with van der Waals surface area (Å²) in [5, 5.41) is 0. The summed E-state index contributed by atoms with van der Waals surface area (Å²) < 4.78 is 0. The maximum Gasteiger partial charge on any atom is 0.282 e. The van der Waals surface area contributed by atoms with Crippen molar-refractivity contribution in [3.63, 3.8) is 0 Å². The van der Waals surface area contributed by atoms with Crippen molar-refractivity contribution in [2.45, 2.75) is 0 Å². The third-order valence-electron chi connectivity index (χ3n) is 6.60. The van der Waals surface area contributed by atoms with Crippen molar-refractivity contribution < 1.29 is 9.59 Å². The molecule has 6 rings (SSSR count). The molecule has 2 amide bonds. The van der Waals surface area contributed by atoms with Crippen molar-refractivity contribution in [1.29, 1.82) is 0 Å². The van der Waals surface area contributed by atoms with Crippen LogP contribution in [-0.4, -0.2) is 17.6 Å². The Bertz CT molecular complexity index is 1660. The first-order valence-electron chi connectivity index (χ1n) is 13.0. The monoisotopic (exact) mass is 519 g/mol. The van der Waals surface area contributed by atoms with E-state index in [2.05, 4.69) is 0 Å². The van der Waals surface area contributed by atoms with Crippen LogP contribution in [0.1, 0.15) is 21.5 Å². The van der Waals surface area contributed by atoms with Gasteiger partial charge in [0.15, 0.2) is 0 Å². The molecule has 0 N–H and O–H groups in total. The Morgan fingerprint density at radius 2 is 1.12 bits per heavy atom. The Labute approximate surface area is 233 Å². The fraction of sp³-hybridized carbons (Fsp3) is 0. The van der Waals surface area contributed by atoms with Crippen LogP contribution in [0.3, 0.4) is 0 Å². The van der Waals surface area contributed by atoms with Gasteiger partial charge in [0.2, 0.25) is 0 Å². The molecular weight excluding hydrogens is 494 g/mol. The number of hydrogen-bond acceptors (Lipinski definition) is 3. The van der Waals surface area contributed by atoms with Gasteiger partial charge in [-0.15, -0.1) is 0 Å². The topological polar surface area (TPSA) is 53.0 Å². The molecule has 0 unspecified atom stereocenters. The Morgan fingerprint density at radius 3 is 1.68 bits per heavy atom. The second kappa shape index (κ2) is 11.1. The third kappa shape index (κ3) is 4.96. The van der Waals surface area contributed by atoms with Crippen molar-refractivity contribution in [3.8, 4) is 0 Å². The molecular formula is C35H25N3O2. The first-order valence-corrected chi connectivity index (χ1v) is 13.0. The zero-order valence-corrected chi connectivity index (χ0v) is 21.6. The standard InChI is InChI=1S/C35H25N3O2/c39-34(37(29-17-9-3-10-18-29)30-19-11-4-12-20-30)28-21-23-31(24-22-28)38-33(27-15-7-2-8-16-27)36-32(35(38)40)25-26-13-5-1-6-14-26/h1-25H/b32-25-. The second-order valence-corrected chi connectivity index (χ2v) is 9.24. The van der Waals surface area contributed by atoms with Gasteiger partial charge in [-0.25, -0.2) is 4.99 Å². The van der Waals surface area contributed by atoms with E-state index < -0.39 is 0 Å². The second-order valence-electron chi connectivity index (χ2n) is 9.24. The number of anilines is 3. The number of carbonyl (C=O) groups is 2. The Morgan fingerprint density at radius 1 is 0.625 bits per heavy atom. The van der Waals surface area contributed by atoms with Crippen molar-refractivity contribution in [2.75, 3.05) is 9.80 Å². The predicted octanol–water partition coefficient (Wildman–Crippen LogP) is 7.50. The minimum atomic E-state index is -0.225. The molecule has 0 saturated carbocycles. The lowest BCUT2D eigenvalue weighted by molar-refractivity contribution is -0.113. The molecule has 0 aliphatic carbocycles. The van der Waals surface area contributed by atoms with Crippen molar-refractivity contribution in [3.05, 3.63) is 168 Å². The van der Waals surface area contributed by atoms with E-state index in [1.54, 1.807) is 40.1 Å². The number of benzene rings is 5. The van der Waals surface area contributed by atoms with Crippen LogP contribution in [0, 0.1) is 0 Å². The van der Waals surface area contributed by atoms with E-state index >= 15 is 0 Å². The SMILES string of the molecule is O=C1/C(=C/c2ccccc2)N=C(c2ccccc2)N1c1ccc(C(=O)N(c2ccccc2)c2ccccc2)cc1. The molecule has 0 saturated heterocycles. The Balaban J connectivity index is 1.36. The number of amidine groups is 1. The van der Waals surface area contributed by atoms with Gasteiger partial charge < -0.3 is 0 Å². The minimum Gasteiger partial charge on any atom is -0.277 e. The summed E-state index contributed by atoms with van der Waals surface area (Å²) in [5.74, 6) is 0.150. The molecule has 1 aliphatic heterocycles. The molecule has 5 nitrogen and oxygen atoms in total. The molecule has 5 aromatic carbocycles. The average Bonchev–Trinajstić information content (AvgIpc) is 3.34. The number of nitrogens with zero attached hydrogens (tertiary/aromatic N) is 3. The van der Waals surface area contributed by atoms with Crippen LogP contribution in [0.2, 0.25) is 0 Å².